The van der Waals surface area contributed by atoms with Gasteiger partial charge >= 0.3 is 0 Å². The first kappa shape index (κ1) is 21.0. The van der Waals surface area contributed by atoms with E-state index in [0.29, 0.717) is 0 Å². The molecule has 0 saturated heterocycles. The lowest BCUT2D eigenvalue weighted by Crippen LogP contribution is -1.82. The molecule has 0 atom stereocenters. The number of aromatic nitrogens is 1. The molecular formula is C36H23NO. The third kappa shape index (κ3) is 3.21. The lowest BCUT2D eigenvalue weighted by atomic mass is 9.97. The Morgan fingerprint density at radius 1 is 0.368 bits per heavy atom. The number of fused-ring (bicyclic) bond motifs is 6. The second-order valence-corrected chi connectivity index (χ2v) is 9.84. The maximum atomic E-state index is 6.74. The minimum atomic E-state index is 0.924. The third-order valence-electron chi connectivity index (χ3n) is 7.62. The molecule has 2 nitrogen and oxygen atoms in total. The highest BCUT2D eigenvalue weighted by Gasteiger charge is 2.16. The average molecular weight is 486 g/mol. The fourth-order valence-corrected chi connectivity index (χ4v) is 5.79. The molecule has 0 aliphatic rings. The Kier molecular flexibility index (Phi) is 4.55. The van der Waals surface area contributed by atoms with E-state index in [9.17, 15) is 0 Å². The maximum Gasteiger partial charge on any atom is 0.143 e. The Balaban J connectivity index is 1.33. The van der Waals surface area contributed by atoms with Gasteiger partial charge in [-0.25, -0.2) is 0 Å². The van der Waals surface area contributed by atoms with E-state index in [0.717, 1.165) is 55.2 Å². The van der Waals surface area contributed by atoms with Crippen LogP contribution in [0.2, 0.25) is 0 Å². The van der Waals surface area contributed by atoms with Gasteiger partial charge in [0.25, 0.3) is 0 Å². The molecule has 2 heterocycles. The Bertz CT molecular complexity index is 2130. The minimum Gasteiger partial charge on any atom is -0.455 e. The quantitative estimate of drug-likeness (QED) is 0.265. The van der Waals surface area contributed by atoms with E-state index in [4.69, 9.17) is 4.42 Å². The molecule has 8 rings (SSSR count). The molecule has 0 aliphatic carbocycles. The first-order valence-electron chi connectivity index (χ1n) is 12.9. The highest BCUT2D eigenvalue weighted by Crippen LogP contribution is 2.41. The fourth-order valence-electron chi connectivity index (χ4n) is 5.79. The second kappa shape index (κ2) is 8.22. The van der Waals surface area contributed by atoms with E-state index in [2.05, 4.69) is 138 Å². The molecule has 0 unspecified atom stereocenters. The van der Waals surface area contributed by atoms with Gasteiger partial charge in [-0.3, -0.25) is 0 Å². The van der Waals surface area contributed by atoms with Gasteiger partial charge in [-0.1, -0.05) is 109 Å². The summed E-state index contributed by atoms with van der Waals surface area (Å²) in [4.78, 5) is 3.53. The van der Waals surface area contributed by atoms with Gasteiger partial charge in [-0.2, -0.15) is 0 Å². The van der Waals surface area contributed by atoms with Gasteiger partial charge in [-0.15, -0.1) is 0 Å². The minimum absolute atomic E-state index is 0.924. The van der Waals surface area contributed by atoms with Crippen LogP contribution in [0.15, 0.2) is 138 Å². The lowest BCUT2D eigenvalue weighted by Gasteiger charge is -2.07. The number of rotatable bonds is 3. The summed E-state index contributed by atoms with van der Waals surface area (Å²) >= 11 is 0. The Morgan fingerprint density at radius 3 is 1.74 bits per heavy atom. The largest absolute Gasteiger partial charge is 0.455 e. The predicted molar refractivity (Wildman–Crippen MR) is 159 cm³/mol. The molecule has 8 aromatic rings. The lowest BCUT2D eigenvalue weighted by molar-refractivity contribution is 0.671. The molecular weight excluding hydrogens is 462 g/mol. The summed E-state index contributed by atoms with van der Waals surface area (Å²) in [5, 5.41) is 4.74. The van der Waals surface area contributed by atoms with Crippen molar-refractivity contribution in [3.05, 3.63) is 133 Å². The molecule has 2 aromatic heterocycles. The number of furan rings is 1. The summed E-state index contributed by atoms with van der Waals surface area (Å²) in [7, 11) is 0. The zero-order valence-electron chi connectivity index (χ0n) is 20.6. The van der Waals surface area contributed by atoms with Crippen molar-refractivity contribution in [3.63, 3.8) is 0 Å². The van der Waals surface area contributed by atoms with Gasteiger partial charge in [0, 0.05) is 43.7 Å². The van der Waals surface area contributed by atoms with Crippen molar-refractivity contribution in [2.45, 2.75) is 0 Å². The van der Waals surface area contributed by atoms with Crippen molar-refractivity contribution < 1.29 is 4.42 Å². The normalized spacial score (nSPS) is 11.7. The Hall–Kier alpha value is -5.08. The highest BCUT2D eigenvalue weighted by atomic mass is 16.3. The standard InChI is InChI=1S/C36H23NO/c1-2-9-23(10-3-1)24-11-6-12-25(21-24)27-14-7-16-30-31-17-8-15-28(36(31)38-35(27)30)26-19-20-34-32(22-26)29-13-4-5-18-33(29)37-34/h1-22,37H. The van der Waals surface area contributed by atoms with Gasteiger partial charge in [0.1, 0.15) is 11.2 Å². The monoisotopic (exact) mass is 485 g/mol. The summed E-state index contributed by atoms with van der Waals surface area (Å²) in [5.41, 5.74) is 11.1. The molecule has 0 radical (unpaired) electrons. The zero-order valence-corrected chi connectivity index (χ0v) is 20.6. The van der Waals surface area contributed by atoms with E-state index >= 15 is 0 Å². The Morgan fingerprint density at radius 2 is 0.947 bits per heavy atom. The first-order chi connectivity index (χ1) is 18.8. The van der Waals surface area contributed by atoms with Crippen molar-refractivity contribution in [3.8, 4) is 33.4 Å². The SMILES string of the molecule is c1ccc(-c2cccc(-c3cccc4c3oc3c(-c5ccc6[nH]c7ccccc7c6c5)cccc34)c2)cc1. The summed E-state index contributed by atoms with van der Waals surface area (Å²) < 4.78 is 6.74. The third-order valence-corrected chi connectivity index (χ3v) is 7.62. The molecule has 1 N–H and O–H groups in total. The smallest absolute Gasteiger partial charge is 0.143 e. The number of hydrogen-bond acceptors (Lipinski definition) is 1. The van der Waals surface area contributed by atoms with Crippen molar-refractivity contribution in [2.24, 2.45) is 0 Å². The van der Waals surface area contributed by atoms with Gasteiger partial charge < -0.3 is 9.40 Å². The van der Waals surface area contributed by atoms with Gasteiger partial charge in [-0.05, 0) is 46.5 Å². The summed E-state index contributed by atoms with van der Waals surface area (Å²) in [6.07, 6.45) is 0. The number of nitrogens with one attached hydrogen (secondary N) is 1. The number of hydrogen-bond donors (Lipinski definition) is 1. The second-order valence-electron chi connectivity index (χ2n) is 9.84. The van der Waals surface area contributed by atoms with Crippen LogP contribution in [0.25, 0.3) is 77.1 Å². The summed E-state index contributed by atoms with van der Waals surface area (Å²) in [5.74, 6) is 0. The van der Waals surface area contributed by atoms with Crippen LogP contribution in [-0.2, 0) is 0 Å². The van der Waals surface area contributed by atoms with E-state index < -0.39 is 0 Å². The molecule has 178 valence electrons. The molecule has 0 spiro atoms. The summed E-state index contributed by atoms with van der Waals surface area (Å²) in [6, 6.07) is 47.2. The molecule has 6 aromatic carbocycles. The van der Waals surface area contributed by atoms with Crippen molar-refractivity contribution in [1.82, 2.24) is 4.98 Å². The average Bonchev–Trinajstić information content (AvgIpc) is 3.56. The van der Waals surface area contributed by atoms with E-state index in [-0.39, 0.29) is 0 Å². The van der Waals surface area contributed by atoms with Crippen molar-refractivity contribution in [1.29, 1.82) is 0 Å². The van der Waals surface area contributed by atoms with Crippen molar-refractivity contribution in [2.75, 3.05) is 0 Å². The highest BCUT2D eigenvalue weighted by molar-refractivity contribution is 6.14. The van der Waals surface area contributed by atoms with Crippen LogP contribution in [-0.4, -0.2) is 4.98 Å². The van der Waals surface area contributed by atoms with Crippen LogP contribution >= 0.6 is 0 Å². The van der Waals surface area contributed by atoms with Crippen LogP contribution in [0, 0.1) is 0 Å². The number of H-pyrrole nitrogens is 1. The van der Waals surface area contributed by atoms with Crippen LogP contribution in [0.3, 0.4) is 0 Å². The first-order valence-corrected chi connectivity index (χ1v) is 12.9. The van der Waals surface area contributed by atoms with Crippen LogP contribution < -0.4 is 0 Å². The molecule has 38 heavy (non-hydrogen) atoms. The number of aromatic amines is 1. The van der Waals surface area contributed by atoms with Gasteiger partial charge in [0.2, 0.25) is 0 Å². The van der Waals surface area contributed by atoms with Crippen LogP contribution in [0.4, 0.5) is 0 Å². The maximum absolute atomic E-state index is 6.74. The fraction of sp³-hybridized carbons (Fsp3) is 0. The van der Waals surface area contributed by atoms with E-state index in [1.807, 2.05) is 0 Å². The Labute approximate surface area is 219 Å². The van der Waals surface area contributed by atoms with E-state index in [1.54, 1.807) is 0 Å². The number of para-hydroxylation sites is 3. The molecule has 0 amide bonds. The van der Waals surface area contributed by atoms with E-state index in [1.165, 1.54) is 21.9 Å². The van der Waals surface area contributed by atoms with Crippen LogP contribution in [0.1, 0.15) is 0 Å². The zero-order chi connectivity index (χ0) is 25.1. The topological polar surface area (TPSA) is 28.9 Å². The van der Waals surface area contributed by atoms with Crippen LogP contribution in [0.5, 0.6) is 0 Å². The van der Waals surface area contributed by atoms with Gasteiger partial charge in [0.05, 0.1) is 0 Å². The molecule has 0 fully saturated rings. The molecule has 2 heteroatoms. The molecule has 0 saturated carbocycles. The number of benzene rings is 6. The summed E-state index contributed by atoms with van der Waals surface area (Å²) in [6.45, 7) is 0. The predicted octanol–water partition coefficient (Wildman–Crippen LogP) is 10.2. The van der Waals surface area contributed by atoms with Crippen molar-refractivity contribution >= 4 is 43.7 Å². The molecule has 0 aliphatic heterocycles. The molecule has 0 bridgehead atoms. The van der Waals surface area contributed by atoms with Gasteiger partial charge in [0.15, 0.2) is 0 Å².